The third-order valence-electron chi connectivity index (χ3n) is 4.42. The van der Waals surface area contributed by atoms with E-state index in [1.54, 1.807) is 20.3 Å². The zero-order valence-electron chi connectivity index (χ0n) is 16.5. The summed E-state index contributed by atoms with van der Waals surface area (Å²) in [6.07, 6.45) is 0. The topological polar surface area (TPSA) is 67.9 Å². The number of hydrogen-bond donors (Lipinski definition) is 1. The number of ether oxygens (including phenoxy) is 2. The molecule has 0 aromatic heterocycles. The van der Waals surface area contributed by atoms with Crippen molar-refractivity contribution in [3.05, 3.63) is 53.1 Å². The minimum absolute atomic E-state index is 0.0366. The summed E-state index contributed by atoms with van der Waals surface area (Å²) >= 11 is 0. The zero-order chi connectivity index (χ0) is 20.0. The number of rotatable bonds is 7. The number of carbonyl (C=O) groups excluding carboxylic acids is 2. The molecule has 6 nitrogen and oxygen atoms in total. The third kappa shape index (κ3) is 5.23. The van der Waals surface area contributed by atoms with Gasteiger partial charge < -0.3 is 19.7 Å². The van der Waals surface area contributed by atoms with Crippen molar-refractivity contribution in [1.82, 2.24) is 5.32 Å². The van der Waals surface area contributed by atoms with Crippen LogP contribution in [0.3, 0.4) is 0 Å². The second-order valence-electron chi connectivity index (χ2n) is 6.34. The second-order valence-corrected chi connectivity index (χ2v) is 6.34. The van der Waals surface area contributed by atoms with Gasteiger partial charge in [-0.25, -0.2) is 0 Å². The summed E-state index contributed by atoms with van der Waals surface area (Å²) in [6, 6.07) is 11.2. The maximum atomic E-state index is 12.4. The highest BCUT2D eigenvalue weighted by atomic mass is 16.5. The first kappa shape index (κ1) is 20.3. The Labute approximate surface area is 160 Å². The van der Waals surface area contributed by atoms with E-state index in [0.29, 0.717) is 23.7 Å². The van der Waals surface area contributed by atoms with Gasteiger partial charge in [0.25, 0.3) is 0 Å². The van der Waals surface area contributed by atoms with Gasteiger partial charge in [0.1, 0.15) is 6.54 Å². The summed E-state index contributed by atoms with van der Waals surface area (Å²) in [6.45, 7) is 5.74. The summed E-state index contributed by atoms with van der Waals surface area (Å²) in [5.41, 5.74) is 3.80. The standard InChI is InChI=1S/C21H26N2O4/c1-14-6-8-18(10-15(14)2)23(16(3)24)13-21(25)22-12-17-7-9-19(26-4)20(11-17)27-5/h6-11H,12-13H2,1-5H3,(H,22,25). The number of anilines is 1. The van der Waals surface area contributed by atoms with Crippen molar-refractivity contribution in [2.45, 2.75) is 27.3 Å². The van der Waals surface area contributed by atoms with Gasteiger partial charge in [-0.05, 0) is 54.8 Å². The van der Waals surface area contributed by atoms with Crippen LogP contribution in [0.5, 0.6) is 11.5 Å². The Morgan fingerprint density at radius 1 is 0.963 bits per heavy atom. The van der Waals surface area contributed by atoms with E-state index in [2.05, 4.69) is 5.32 Å². The smallest absolute Gasteiger partial charge is 0.240 e. The number of aryl methyl sites for hydroxylation is 2. The van der Waals surface area contributed by atoms with E-state index >= 15 is 0 Å². The molecule has 1 N–H and O–H groups in total. The van der Waals surface area contributed by atoms with Crippen LogP contribution < -0.4 is 19.7 Å². The number of hydrogen-bond acceptors (Lipinski definition) is 4. The highest BCUT2D eigenvalue weighted by Gasteiger charge is 2.16. The van der Waals surface area contributed by atoms with Crippen molar-refractivity contribution >= 4 is 17.5 Å². The van der Waals surface area contributed by atoms with Crippen LogP contribution in [-0.4, -0.2) is 32.6 Å². The molecular weight excluding hydrogens is 344 g/mol. The molecular formula is C21H26N2O4. The molecule has 0 saturated heterocycles. The molecule has 0 saturated carbocycles. The van der Waals surface area contributed by atoms with E-state index in [0.717, 1.165) is 16.7 Å². The molecule has 0 fully saturated rings. The molecule has 0 unspecified atom stereocenters. The molecule has 0 atom stereocenters. The lowest BCUT2D eigenvalue weighted by Crippen LogP contribution is -2.39. The fraction of sp³-hybridized carbons (Fsp3) is 0.333. The summed E-state index contributed by atoms with van der Waals surface area (Å²) < 4.78 is 10.5. The molecule has 0 aliphatic heterocycles. The molecule has 2 aromatic rings. The molecule has 144 valence electrons. The lowest BCUT2D eigenvalue weighted by molar-refractivity contribution is -0.123. The van der Waals surface area contributed by atoms with Crippen molar-refractivity contribution in [2.24, 2.45) is 0 Å². The first-order valence-electron chi connectivity index (χ1n) is 8.68. The van der Waals surface area contributed by atoms with Gasteiger partial charge in [-0.2, -0.15) is 0 Å². The molecule has 27 heavy (non-hydrogen) atoms. The van der Waals surface area contributed by atoms with Gasteiger partial charge >= 0.3 is 0 Å². The molecule has 0 radical (unpaired) electrons. The molecule has 2 rings (SSSR count). The average molecular weight is 370 g/mol. The molecule has 0 aliphatic carbocycles. The summed E-state index contributed by atoms with van der Waals surface area (Å²) in [5, 5.41) is 2.84. The molecule has 2 amide bonds. The largest absolute Gasteiger partial charge is 0.493 e. The van der Waals surface area contributed by atoms with E-state index in [9.17, 15) is 9.59 Å². The van der Waals surface area contributed by atoms with Gasteiger partial charge in [0.15, 0.2) is 11.5 Å². The summed E-state index contributed by atoms with van der Waals surface area (Å²) in [4.78, 5) is 25.9. The minimum Gasteiger partial charge on any atom is -0.493 e. The number of methoxy groups -OCH3 is 2. The van der Waals surface area contributed by atoms with Crippen LogP contribution >= 0.6 is 0 Å². The Morgan fingerprint density at radius 2 is 1.67 bits per heavy atom. The lowest BCUT2D eigenvalue weighted by atomic mass is 10.1. The van der Waals surface area contributed by atoms with E-state index in [-0.39, 0.29) is 18.4 Å². The highest BCUT2D eigenvalue weighted by Crippen LogP contribution is 2.27. The van der Waals surface area contributed by atoms with Gasteiger partial charge in [0, 0.05) is 19.2 Å². The van der Waals surface area contributed by atoms with Gasteiger partial charge in [-0.3, -0.25) is 9.59 Å². The van der Waals surface area contributed by atoms with Gasteiger partial charge in [0.05, 0.1) is 14.2 Å². The molecule has 2 aromatic carbocycles. The van der Waals surface area contributed by atoms with Crippen LogP contribution in [0.15, 0.2) is 36.4 Å². The van der Waals surface area contributed by atoms with E-state index < -0.39 is 0 Å². The van der Waals surface area contributed by atoms with Crippen molar-refractivity contribution in [3.8, 4) is 11.5 Å². The van der Waals surface area contributed by atoms with E-state index in [1.165, 1.54) is 11.8 Å². The molecule has 0 spiro atoms. The Bertz CT molecular complexity index is 833. The van der Waals surface area contributed by atoms with Crippen LogP contribution in [0.4, 0.5) is 5.69 Å². The Morgan fingerprint density at radius 3 is 2.26 bits per heavy atom. The van der Waals surface area contributed by atoms with Crippen LogP contribution in [0.1, 0.15) is 23.6 Å². The summed E-state index contributed by atoms with van der Waals surface area (Å²) in [5.74, 6) is 0.813. The quantitative estimate of drug-likeness (QED) is 0.814. The maximum Gasteiger partial charge on any atom is 0.240 e. The van der Waals surface area contributed by atoms with E-state index in [1.807, 2.05) is 44.2 Å². The minimum atomic E-state index is -0.238. The number of nitrogens with one attached hydrogen (secondary N) is 1. The monoisotopic (exact) mass is 370 g/mol. The Balaban J connectivity index is 2.04. The third-order valence-corrected chi connectivity index (χ3v) is 4.42. The predicted octanol–water partition coefficient (Wildman–Crippen LogP) is 2.99. The Hall–Kier alpha value is -3.02. The number of carbonyl (C=O) groups is 2. The maximum absolute atomic E-state index is 12.4. The number of benzene rings is 2. The fourth-order valence-corrected chi connectivity index (χ4v) is 2.67. The van der Waals surface area contributed by atoms with Gasteiger partial charge in [0.2, 0.25) is 11.8 Å². The number of nitrogens with zero attached hydrogens (tertiary/aromatic N) is 1. The molecule has 6 heteroatoms. The van der Waals surface area contributed by atoms with Crippen LogP contribution in [0.2, 0.25) is 0 Å². The average Bonchev–Trinajstić information content (AvgIpc) is 2.66. The first-order chi connectivity index (χ1) is 12.8. The van der Waals surface area contributed by atoms with Gasteiger partial charge in [-0.1, -0.05) is 12.1 Å². The normalized spacial score (nSPS) is 10.3. The van der Waals surface area contributed by atoms with Crippen LogP contribution in [0.25, 0.3) is 0 Å². The SMILES string of the molecule is COc1ccc(CNC(=O)CN(C(C)=O)c2ccc(C)c(C)c2)cc1OC. The van der Waals surface area contributed by atoms with Crippen LogP contribution in [0, 0.1) is 13.8 Å². The van der Waals surface area contributed by atoms with Crippen molar-refractivity contribution in [3.63, 3.8) is 0 Å². The van der Waals surface area contributed by atoms with Crippen molar-refractivity contribution in [1.29, 1.82) is 0 Å². The van der Waals surface area contributed by atoms with E-state index in [4.69, 9.17) is 9.47 Å². The predicted molar refractivity (Wildman–Crippen MR) is 105 cm³/mol. The highest BCUT2D eigenvalue weighted by molar-refractivity contribution is 5.97. The van der Waals surface area contributed by atoms with Crippen LogP contribution in [-0.2, 0) is 16.1 Å². The zero-order valence-corrected chi connectivity index (χ0v) is 16.5. The summed E-state index contributed by atoms with van der Waals surface area (Å²) in [7, 11) is 3.14. The molecule has 0 aliphatic rings. The molecule has 0 heterocycles. The van der Waals surface area contributed by atoms with Crippen molar-refractivity contribution < 1.29 is 19.1 Å². The lowest BCUT2D eigenvalue weighted by Gasteiger charge is -2.21. The first-order valence-corrected chi connectivity index (χ1v) is 8.68. The van der Waals surface area contributed by atoms with Crippen molar-refractivity contribution in [2.75, 3.05) is 25.7 Å². The number of amides is 2. The second kappa shape index (κ2) is 9.07. The Kier molecular flexibility index (Phi) is 6.82. The van der Waals surface area contributed by atoms with Gasteiger partial charge in [-0.15, -0.1) is 0 Å². The molecule has 0 bridgehead atoms. The fourth-order valence-electron chi connectivity index (χ4n) is 2.67.